The number of sulfonamides is 1. The van der Waals surface area contributed by atoms with Crippen molar-refractivity contribution in [2.75, 3.05) is 24.1 Å². The van der Waals surface area contributed by atoms with Crippen LogP contribution in [0.3, 0.4) is 0 Å². The average Bonchev–Trinajstić information content (AvgIpc) is 2.96. The van der Waals surface area contributed by atoms with E-state index in [2.05, 4.69) is 4.98 Å². The van der Waals surface area contributed by atoms with E-state index in [1.807, 2.05) is 0 Å². The molecule has 1 aromatic heterocycles. The van der Waals surface area contributed by atoms with Crippen LogP contribution in [0.2, 0.25) is 5.02 Å². The third-order valence-corrected chi connectivity index (χ3v) is 8.71. The highest BCUT2D eigenvalue weighted by atomic mass is 35.5. The monoisotopic (exact) mass is 676 g/mol. The summed E-state index contributed by atoms with van der Waals surface area (Å²) in [7, 11) is -4.92. The molecule has 45 heavy (non-hydrogen) atoms. The highest BCUT2D eigenvalue weighted by molar-refractivity contribution is 7.93. The van der Waals surface area contributed by atoms with Crippen molar-refractivity contribution in [3.05, 3.63) is 75.9 Å². The van der Waals surface area contributed by atoms with Gasteiger partial charge < -0.3 is 19.7 Å². The second-order valence-corrected chi connectivity index (χ2v) is 12.2. The molecule has 1 aliphatic heterocycles. The third-order valence-electron chi connectivity index (χ3n) is 6.61. The van der Waals surface area contributed by atoms with Gasteiger partial charge in [-0.2, -0.15) is 13.2 Å². The van der Waals surface area contributed by atoms with E-state index in [0.29, 0.717) is 19.2 Å². The Balaban J connectivity index is 1.84. The van der Waals surface area contributed by atoms with E-state index in [0.717, 1.165) is 4.31 Å². The van der Waals surface area contributed by atoms with Crippen molar-refractivity contribution in [1.82, 2.24) is 4.98 Å². The number of pyridine rings is 1. The highest BCUT2D eigenvalue weighted by Gasteiger charge is 2.40. The first kappa shape index (κ1) is 33.9. The van der Waals surface area contributed by atoms with Gasteiger partial charge >= 0.3 is 12.1 Å². The predicted molar refractivity (Wildman–Crippen MR) is 154 cm³/mol. The van der Waals surface area contributed by atoms with Crippen molar-refractivity contribution in [2.45, 2.75) is 42.9 Å². The zero-order valence-electron chi connectivity index (χ0n) is 23.4. The summed E-state index contributed by atoms with van der Waals surface area (Å²) < 4.78 is 109. The van der Waals surface area contributed by atoms with Crippen LogP contribution >= 0.6 is 11.6 Å². The van der Waals surface area contributed by atoms with Crippen LogP contribution in [-0.2, 0) is 26.9 Å². The Bertz CT molecular complexity index is 1710. The average molecular weight is 677 g/mol. The summed E-state index contributed by atoms with van der Waals surface area (Å²) in [5.41, 5.74) is -1.57. The Morgan fingerprint density at radius 1 is 1.18 bits per heavy atom. The molecule has 0 unspecified atom stereocenters. The Kier molecular flexibility index (Phi) is 9.94. The zero-order chi connectivity index (χ0) is 33.2. The van der Waals surface area contributed by atoms with Crippen molar-refractivity contribution in [3.8, 4) is 11.6 Å². The van der Waals surface area contributed by atoms with Gasteiger partial charge in [-0.05, 0) is 36.2 Å². The van der Waals surface area contributed by atoms with Crippen LogP contribution in [0.1, 0.15) is 42.0 Å². The minimum Gasteiger partial charge on any atom is -0.486 e. The highest BCUT2D eigenvalue weighted by Crippen LogP contribution is 2.42. The lowest BCUT2D eigenvalue weighted by Gasteiger charge is -2.35. The fourth-order valence-corrected chi connectivity index (χ4v) is 6.35. The van der Waals surface area contributed by atoms with E-state index in [9.17, 15) is 35.2 Å². The summed E-state index contributed by atoms with van der Waals surface area (Å²) in [5, 5.41) is 18.3. The fraction of sp³-hybridized carbons (Fsp3) is 0.310. The molecule has 242 valence electrons. The zero-order valence-corrected chi connectivity index (χ0v) is 25.0. The summed E-state index contributed by atoms with van der Waals surface area (Å²) in [6.07, 6.45) is -3.43. The molecule has 2 heterocycles. The quantitative estimate of drug-likeness (QED) is 0.181. The number of carboxylic acids is 1. The maximum absolute atomic E-state index is 14.2. The number of nitrogens with zero attached hydrogens (tertiary/aromatic N) is 2. The number of aliphatic carboxylic acids is 1. The van der Waals surface area contributed by atoms with Crippen LogP contribution in [0, 0.1) is 0 Å². The number of hydrogen-bond donors (Lipinski definition) is 2. The second-order valence-electron chi connectivity index (χ2n) is 9.96. The van der Waals surface area contributed by atoms with Crippen LogP contribution in [0.5, 0.6) is 11.6 Å². The first-order valence-corrected chi connectivity index (χ1v) is 15.0. The predicted octanol–water partition coefficient (Wildman–Crippen LogP) is 6.23. The first-order valence-electron chi connectivity index (χ1n) is 13.2. The summed E-state index contributed by atoms with van der Waals surface area (Å²) in [5.74, 6) is -5.15. The second kappa shape index (κ2) is 13.2. The number of carbonyl (C=O) groups is 1. The largest absolute Gasteiger partial charge is 0.486 e. The van der Waals surface area contributed by atoms with Crippen molar-refractivity contribution in [3.63, 3.8) is 0 Å². The van der Waals surface area contributed by atoms with E-state index in [4.69, 9.17) is 31.3 Å². The number of rotatable bonds is 11. The molecule has 0 bridgehead atoms. The third kappa shape index (κ3) is 7.83. The van der Waals surface area contributed by atoms with E-state index >= 15 is 0 Å². The van der Waals surface area contributed by atoms with Crippen LogP contribution < -0.4 is 13.8 Å². The minimum atomic E-state index is -4.97. The number of alkyl halides is 5. The van der Waals surface area contributed by atoms with Gasteiger partial charge in [0.2, 0.25) is 5.88 Å². The minimum absolute atomic E-state index is 0.0135. The molecule has 16 heteroatoms. The van der Waals surface area contributed by atoms with Gasteiger partial charge in [-0.1, -0.05) is 42.0 Å². The molecule has 3 aromatic rings. The number of fused-ring (bicyclic) bond motifs is 1. The van der Waals surface area contributed by atoms with Gasteiger partial charge in [0.15, 0.2) is 4.90 Å². The smallest absolute Gasteiger partial charge is 0.417 e. The van der Waals surface area contributed by atoms with E-state index < -0.39 is 76.7 Å². The van der Waals surface area contributed by atoms with Crippen molar-refractivity contribution in [2.24, 2.45) is 0 Å². The van der Waals surface area contributed by atoms with Crippen LogP contribution in [-0.4, -0.2) is 55.4 Å². The van der Waals surface area contributed by atoms with Gasteiger partial charge in [-0.25, -0.2) is 22.2 Å². The molecule has 9 nitrogen and oxygen atoms in total. The molecule has 0 saturated heterocycles. The van der Waals surface area contributed by atoms with Crippen molar-refractivity contribution < 1.29 is 54.9 Å². The number of aromatic nitrogens is 1. The summed E-state index contributed by atoms with van der Waals surface area (Å²) in [6.45, 7) is -0.858. The van der Waals surface area contributed by atoms with Gasteiger partial charge in [0, 0.05) is 35.7 Å². The van der Waals surface area contributed by atoms with Gasteiger partial charge in [0.05, 0.1) is 24.4 Å². The van der Waals surface area contributed by atoms with Crippen molar-refractivity contribution >= 4 is 45.4 Å². The molecule has 4 rings (SSSR count). The lowest BCUT2D eigenvalue weighted by molar-refractivity contribution is -0.138. The topological polar surface area (TPSA) is 126 Å². The SMILES string of the molecule is CC(F)(F)c1cccc(Cl)c1/C=C/c1ccc2c(c1)N(S(=O)(=O)c1cc(C(F)(F)F)cnc1OCCO)C[C@H](CCC(=O)O)O2. The molecular weight excluding hydrogens is 651 g/mol. The number of ether oxygens (including phenoxy) is 2. The van der Waals surface area contributed by atoms with Gasteiger partial charge in [0.25, 0.3) is 15.9 Å². The normalized spacial score (nSPS) is 15.6. The molecule has 0 fully saturated rings. The van der Waals surface area contributed by atoms with Gasteiger partial charge in [-0.3, -0.25) is 9.10 Å². The molecule has 2 aromatic carbocycles. The Morgan fingerprint density at radius 3 is 2.56 bits per heavy atom. The molecule has 0 amide bonds. The summed E-state index contributed by atoms with van der Waals surface area (Å²) >= 11 is 6.18. The molecule has 0 aliphatic carbocycles. The van der Waals surface area contributed by atoms with E-state index in [-0.39, 0.29) is 39.6 Å². The van der Waals surface area contributed by atoms with Crippen molar-refractivity contribution in [1.29, 1.82) is 0 Å². The molecule has 0 radical (unpaired) electrons. The molecule has 2 N–H and O–H groups in total. The lowest BCUT2D eigenvalue weighted by Crippen LogP contribution is -2.44. The maximum Gasteiger partial charge on any atom is 0.417 e. The van der Waals surface area contributed by atoms with Gasteiger partial charge in [-0.15, -0.1) is 0 Å². The van der Waals surface area contributed by atoms with Crippen LogP contribution in [0.4, 0.5) is 27.6 Å². The van der Waals surface area contributed by atoms with Crippen LogP contribution in [0.25, 0.3) is 12.2 Å². The van der Waals surface area contributed by atoms with Gasteiger partial charge in [0.1, 0.15) is 18.5 Å². The summed E-state index contributed by atoms with van der Waals surface area (Å²) in [4.78, 5) is 13.8. The number of carboxylic acid groups (broad SMARTS) is 1. The molecule has 0 spiro atoms. The Labute approximate surface area is 259 Å². The molecule has 1 atom stereocenters. The molecule has 1 aliphatic rings. The lowest BCUT2D eigenvalue weighted by atomic mass is 10.0. The fourth-order valence-electron chi connectivity index (χ4n) is 4.51. The standard InChI is InChI=1S/C29H26ClF5N2O7S/c1-28(31,32)21-3-2-4-22(30)20(21)8-5-17-6-9-24-23(13-17)37(16-19(44-24)7-10-26(39)40)45(41,42)25-14-18(29(33,34)35)15-36-27(25)43-12-11-38/h2-6,8-9,13-15,19,38H,7,10-12,16H2,1H3,(H,39,40)/b8-5+/t19-/m0/s1. The number of hydrogen-bond acceptors (Lipinski definition) is 7. The number of halogens is 6. The van der Waals surface area contributed by atoms with E-state index in [1.54, 1.807) is 0 Å². The molecular formula is C29H26ClF5N2O7S. The number of aliphatic hydroxyl groups is 1. The Hall–Kier alpha value is -3.95. The summed E-state index contributed by atoms with van der Waals surface area (Å²) in [6, 6.07) is 8.49. The first-order chi connectivity index (χ1) is 21.0. The maximum atomic E-state index is 14.2. The molecule has 0 saturated carbocycles. The van der Waals surface area contributed by atoms with Crippen LogP contribution in [0.15, 0.2) is 53.6 Å². The Morgan fingerprint density at radius 2 is 1.91 bits per heavy atom. The number of aliphatic hydroxyl groups excluding tert-OH is 1. The van der Waals surface area contributed by atoms with E-state index in [1.165, 1.54) is 48.6 Å². The number of benzene rings is 2. The number of anilines is 1.